The fraction of sp³-hybridized carbons (Fsp3) is 0.560. The van der Waals surface area contributed by atoms with Crippen molar-refractivity contribution >= 4 is 34.5 Å². The van der Waals surface area contributed by atoms with Gasteiger partial charge >= 0.3 is 5.97 Å². The summed E-state index contributed by atoms with van der Waals surface area (Å²) in [5.74, 6) is -1.05. The normalized spacial score (nSPS) is 19.3. The average molecular weight is 495 g/mol. The van der Waals surface area contributed by atoms with E-state index >= 15 is 0 Å². The van der Waals surface area contributed by atoms with Crippen LogP contribution in [0.15, 0.2) is 30.9 Å². The van der Waals surface area contributed by atoms with Gasteiger partial charge in [0.25, 0.3) is 0 Å². The topological polar surface area (TPSA) is 144 Å². The van der Waals surface area contributed by atoms with Gasteiger partial charge in [-0.2, -0.15) is 10.1 Å². The molecule has 5 rings (SSSR count). The van der Waals surface area contributed by atoms with Crippen molar-refractivity contribution in [3.63, 3.8) is 0 Å². The van der Waals surface area contributed by atoms with Crippen molar-refractivity contribution in [3.05, 3.63) is 30.9 Å². The molecule has 11 heteroatoms. The van der Waals surface area contributed by atoms with Gasteiger partial charge < -0.3 is 25.6 Å². The molecule has 0 aromatic carbocycles. The van der Waals surface area contributed by atoms with Crippen LogP contribution in [0.1, 0.15) is 64.5 Å². The molecule has 1 aliphatic carbocycles. The SMILES string of the molecule is CC(C)N1CCC(n2cc(Nc3ncc4ccn(C(CC(N)=O)C5(C(=O)O)CCC5)c4n3)cn2)CC1. The number of aliphatic carboxylic acids is 1. The number of nitrogens with zero attached hydrogens (tertiary/aromatic N) is 6. The lowest BCUT2D eigenvalue weighted by Crippen LogP contribution is -2.46. The first-order chi connectivity index (χ1) is 17.3. The van der Waals surface area contributed by atoms with Crippen LogP contribution in [-0.4, -0.2) is 65.3 Å². The molecule has 11 nitrogen and oxygen atoms in total. The maximum absolute atomic E-state index is 12.2. The maximum atomic E-state index is 12.2. The molecule has 1 saturated heterocycles. The number of nitrogens with two attached hydrogens (primary N) is 1. The third-order valence-electron chi connectivity index (χ3n) is 7.96. The summed E-state index contributed by atoms with van der Waals surface area (Å²) in [5, 5.41) is 18.6. The summed E-state index contributed by atoms with van der Waals surface area (Å²) in [5.41, 5.74) is 5.87. The van der Waals surface area contributed by atoms with Crippen LogP contribution < -0.4 is 11.1 Å². The molecule has 1 saturated carbocycles. The lowest BCUT2D eigenvalue weighted by molar-refractivity contribution is -0.159. The predicted octanol–water partition coefficient (Wildman–Crippen LogP) is 3.09. The summed E-state index contributed by atoms with van der Waals surface area (Å²) < 4.78 is 3.80. The highest BCUT2D eigenvalue weighted by molar-refractivity contribution is 5.82. The second-order valence-electron chi connectivity index (χ2n) is 10.4. The lowest BCUT2D eigenvalue weighted by atomic mass is 9.63. The Kier molecular flexibility index (Phi) is 6.42. The minimum Gasteiger partial charge on any atom is -0.481 e. The van der Waals surface area contributed by atoms with Crippen molar-refractivity contribution in [2.45, 2.75) is 70.5 Å². The molecule has 2 fully saturated rings. The quantitative estimate of drug-likeness (QED) is 0.412. The van der Waals surface area contributed by atoms with Crippen LogP contribution in [0.3, 0.4) is 0 Å². The van der Waals surface area contributed by atoms with Crippen molar-refractivity contribution < 1.29 is 14.7 Å². The Morgan fingerprint density at radius 1 is 1.25 bits per heavy atom. The van der Waals surface area contributed by atoms with E-state index in [1.165, 1.54) is 0 Å². The summed E-state index contributed by atoms with van der Waals surface area (Å²) in [4.78, 5) is 35.7. The highest BCUT2D eigenvalue weighted by atomic mass is 16.4. The van der Waals surface area contributed by atoms with Crippen LogP contribution in [0.5, 0.6) is 0 Å². The van der Waals surface area contributed by atoms with Crippen LogP contribution in [0.25, 0.3) is 11.0 Å². The van der Waals surface area contributed by atoms with Gasteiger partial charge in [0.15, 0.2) is 0 Å². The fourth-order valence-electron chi connectivity index (χ4n) is 5.65. The number of anilines is 2. The van der Waals surface area contributed by atoms with E-state index in [-0.39, 0.29) is 6.42 Å². The standard InChI is InChI=1S/C25H34N8O3/c1-16(2)31-9-5-19(6-10-31)33-15-18(14-28-33)29-24-27-13-17-4-11-32(22(17)30-24)20(12-21(26)34)25(23(35)36)7-3-8-25/h4,11,13-16,19-20H,3,5-10,12H2,1-2H3,(H2,26,34)(H,35,36)(H,27,29,30). The molecule has 3 aromatic heterocycles. The zero-order valence-corrected chi connectivity index (χ0v) is 20.8. The number of fused-ring (bicyclic) bond motifs is 1. The number of rotatable bonds is 9. The molecule has 192 valence electrons. The molecule has 3 aromatic rings. The minimum absolute atomic E-state index is 0.0642. The third-order valence-corrected chi connectivity index (χ3v) is 7.96. The van der Waals surface area contributed by atoms with Crippen LogP contribution >= 0.6 is 0 Å². The second kappa shape index (κ2) is 9.53. The number of primary amides is 1. The number of carboxylic acid groups (broad SMARTS) is 1. The molecule has 1 atom stereocenters. The Bertz CT molecular complexity index is 1250. The Labute approximate surface area is 209 Å². The van der Waals surface area contributed by atoms with Gasteiger partial charge in [0, 0.05) is 49.5 Å². The van der Waals surface area contributed by atoms with Crippen molar-refractivity contribution in [2.75, 3.05) is 18.4 Å². The summed E-state index contributed by atoms with van der Waals surface area (Å²) in [6.07, 6.45) is 11.1. The molecular weight excluding hydrogens is 460 g/mol. The second-order valence-corrected chi connectivity index (χ2v) is 10.4. The van der Waals surface area contributed by atoms with Crippen molar-refractivity contribution in [1.82, 2.24) is 29.2 Å². The van der Waals surface area contributed by atoms with E-state index in [9.17, 15) is 14.7 Å². The van der Waals surface area contributed by atoms with Crippen LogP contribution in [0.2, 0.25) is 0 Å². The summed E-state index contributed by atoms with van der Waals surface area (Å²) in [7, 11) is 0. The number of nitrogens with one attached hydrogen (secondary N) is 1. The van der Waals surface area contributed by atoms with E-state index in [1.54, 1.807) is 23.2 Å². The number of carboxylic acids is 1. The molecule has 1 unspecified atom stereocenters. The highest BCUT2D eigenvalue weighted by Crippen LogP contribution is 2.51. The molecule has 4 heterocycles. The number of amides is 1. The van der Waals surface area contributed by atoms with E-state index in [4.69, 9.17) is 10.7 Å². The Morgan fingerprint density at radius 2 is 2.00 bits per heavy atom. The van der Waals surface area contributed by atoms with E-state index in [0.717, 1.165) is 43.4 Å². The van der Waals surface area contributed by atoms with Gasteiger partial charge in [-0.05, 0) is 45.6 Å². The van der Waals surface area contributed by atoms with E-state index < -0.39 is 23.3 Å². The first kappa shape index (κ1) is 24.2. The van der Waals surface area contributed by atoms with Crippen molar-refractivity contribution in [1.29, 1.82) is 0 Å². The summed E-state index contributed by atoms with van der Waals surface area (Å²) >= 11 is 0. The number of hydrogen-bond donors (Lipinski definition) is 3. The Morgan fingerprint density at radius 3 is 2.61 bits per heavy atom. The first-order valence-corrected chi connectivity index (χ1v) is 12.7. The van der Waals surface area contributed by atoms with Crippen molar-refractivity contribution in [3.8, 4) is 0 Å². The van der Waals surface area contributed by atoms with E-state index in [2.05, 4.69) is 34.1 Å². The van der Waals surface area contributed by atoms with E-state index in [0.29, 0.717) is 36.5 Å². The monoisotopic (exact) mass is 494 g/mol. The molecule has 0 bridgehead atoms. The van der Waals surface area contributed by atoms with Gasteiger partial charge in [-0.3, -0.25) is 14.3 Å². The smallest absolute Gasteiger partial charge is 0.311 e. The number of carbonyl (C=O) groups excluding carboxylic acids is 1. The van der Waals surface area contributed by atoms with Gasteiger partial charge in [-0.25, -0.2) is 4.98 Å². The number of aromatic nitrogens is 5. The van der Waals surface area contributed by atoms with Gasteiger partial charge in [-0.1, -0.05) is 6.42 Å². The minimum atomic E-state index is -1.02. The van der Waals surface area contributed by atoms with E-state index in [1.807, 2.05) is 16.9 Å². The van der Waals surface area contributed by atoms with Crippen LogP contribution in [0, 0.1) is 5.41 Å². The molecule has 36 heavy (non-hydrogen) atoms. The zero-order chi connectivity index (χ0) is 25.4. The molecule has 1 aliphatic heterocycles. The highest BCUT2D eigenvalue weighted by Gasteiger charge is 2.52. The number of carbonyl (C=O) groups is 2. The van der Waals surface area contributed by atoms with Crippen molar-refractivity contribution in [2.24, 2.45) is 11.1 Å². The Balaban J connectivity index is 1.37. The van der Waals surface area contributed by atoms with Gasteiger partial charge in [0.05, 0.1) is 29.4 Å². The van der Waals surface area contributed by atoms with Gasteiger partial charge in [0.2, 0.25) is 11.9 Å². The van der Waals surface area contributed by atoms with Crippen LogP contribution in [0.4, 0.5) is 11.6 Å². The first-order valence-electron chi connectivity index (χ1n) is 12.7. The fourth-order valence-corrected chi connectivity index (χ4v) is 5.65. The molecule has 2 aliphatic rings. The maximum Gasteiger partial charge on any atom is 0.311 e. The average Bonchev–Trinajstić information content (AvgIpc) is 3.44. The molecule has 4 N–H and O–H groups in total. The summed E-state index contributed by atoms with van der Waals surface area (Å²) in [6.45, 7) is 6.58. The predicted molar refractivity (Wildman–Crippen MR) is 135 cm³/mol. The molecular formula is C25H34N8O3. The molecule has 0 spiro atoms. The van der Waals surface area contributed by atoms with Gasteiger partial charge in [-0.15, -0.1) is 0 Å². The largest absolute Gasteiger partial charge is 0.481 e. The number of likely N-dealkylation sites (tertiary alicyclic amines) is 1. The lowest BCUT2D eigenvalue weighted by Gasteiger charge is -2.44. The van der Waals surface area contributed by atoms with Crippen LogP contribution in [-0.2, 0) is 9.59 Å². The molecule has 1 amide bonds. The Hall–Kier alpha value is -3.47. The number of piperidine rings is 1. The zero-order valence-electron chi connectivity index (χ0n) is 20.8. The molecule has 0 radical (unpaired) electrons. The number of hydrogen-bond acceptors (Lipinski definition) is 7. The van der Waals surface area contributed by atoms with Gasteiger partial charge in [0.1, 0.15) is 5.65 Å². The summed E-state index contributed by atoms with van der Waals surface area (Å²) in [6, 6.07) is 2.15. The third kappa shape index (κ3) is 4.43.